The molecule has 0 bridgehead atoms. The van der Waals surface area contributed by atoms with E-state index in [-0.39, 0.29) is 24.5 Å². The molecule has 0 aliphatic heterocycles. The van der Waals surface area contributed by atoms with E-state index in [2.05, 4.69) is 10.3 Å². The van der Waals surface area contributed by atoms with Gasteiger partial charge in [-0.2, -0.15) is 0 Å². The highest BCUT2D eigenvalue weighted by atomic mass is 19.1. The monoisotopic (exact) mass is 269 g/mol. The summed E-state index contributed by atoms with van der Waals surface area (Å²) in [7, 11) is 0. The van der Waals surface area contributed by atoms with Gasteiger partial charge in [0.2, 0.25) is 0 Å². The van der Waals surface area contributed by atoms with Crippen molar-refractivity contribution in [2.75, 3.05) is 31.6 Å². The Bertz CT molecular complexity index is 420. The van der Waals surface area contributed by atoms with Crippen LogP contribution >= 0.6 is 0 Å². The molecule has 0 unspecified atom stereocenters. The summed E-state index contributed by atoms with van der Waals surface area (Å²) >= 11 is 0. The molecule has 2 N–H and O–H groups in total. The van der Waals surface area contributed by atoms with E-state index in [0.717, 1.165) is 6.42 Å². The maximum atomic E-state index is 14.1. The molecule has 0 aromatic carbocycles. The van der Waals surface area contributed by atoms with Crippen molar-refractivity contribution >= 4 is 11.7 Å². The number of halogens is 1. The van der Waals surface area contributed by atoms with Crippen LogP contribution in [0.4, 0.5) is 10.2 Å². The minimum absolute atomic E-state index is 0.0205. The number of aromatic nitrogens is 1. The summed E-state index contributed by atoms with van der Waals surface area (Å²) in [5, 5.41) is 11.7. The van der Waals surface area contributed by atoms with Crippen molar-refractivity contribution in [3.63, 3.8) is 0 Å². The molecule has 1 rings (SSSR count). The number of carbonyl (C=O) groups excluding carboxylic acids is 1. The van der Waals surface area contributed by atoms with Crippen LogP contribution in [0.25, 0.3) is 0 Å². The lowest BCUT2D eigenvalue weighted by atomic mass is 10.2. The zero-order valence-electron chi connectivity index (χ0n) is 11.3. The molecule has 6 heteroatoms. The third-order valence-electron chi connectivity index (χ3n) is 2.61. The third-order valence-corrected chi connectivity index (χ3v) is 2.61. The average molecular weight is 269 g/mol. The van der Waals surface area contributed by atoms with E-state index in [1.807, 2.05) is 13.8 Å². The second-order valence-corrected chi connectivity index (χ2v) is 4.07. The van der Waals surface area contributed by atoms with Crippen LogP contribution in [0.15, 0.2) is 12.3 Å². The first-order valence-corrected chi connectivity index (χ1v) is 6.44. The molecule has 1 heterocycles. The Labute approximate surface area is 112 Å². The minimum Gasteiger partial charge on any atom is -0.395 e. The summed E-state index contributed by atoms with van der Waals surface area (Å²) in [6.45, 7) is 4.81. The van der Waals surface area contributed by atoms with Crippen molar-refractivity contribution in [2.24, 2.45) is 0 Å². The topological polar surface area (TPSA) is 65.5 Å². The largest absolute Gasteiger partial charge is 0.395 e. The average Bonchev–Trinajstić information content (AvgIpc) is 2.40. The van der Waals surface area contributed by atoms with E-state index in [0.29, 0.717) is 13.1 Å². The molecule has 0 fully saturated rings. The lowest BCUT2D eigenvalue weighted by Crippen LogP contribution is -2.35. The number of hydrogen-bond acceptors (Lipinski definition) is 4. The van der Waals surface area contributed by atoms with Gasteiger partial charge in [0.25, 0.3) is 5.91 Å². The molecule has 1 aromatic rings. The van der Waals surface area contributed by atoms with Crippen LogP contribution in [-0.2, 0) is 0 Å². The Morgan fingerprint density at radius 2 is 2.21 bits per heavy atom. The molecular formula is C13H20FN3O2. The summed E-state index contributed by atoms with van der Waals surface area (Å²) in [5.41, 5.74) is -0.0205. The van der Waals surface area contributed by atoms with E-state index >= 15 is 0 Å². The molecule has 5 nitrogen and oxygen atoms in total. The second-order valence-electron chi connectivity index (χ2n) is 4.07. The maximum absolute atomic E-state index is 14.1. The molecule has 19 heavy (non-hydrogen) atoms. The van der Waals surface area contributed by atoms with Gasteiger partial charge in [-0.15, -0.1) is 0 Å². The van der Waals surface area contributed by atoms with Crippen LogP contribution in [0.5, 0.6) is 0 Å². The zero-order valence-corrected chi connectivity index (χ0v) is 11.3. The second kappa shape index (κ2) is 7.68. The van der Waals surface area contributed by atoms with Crippen molar-refractivity contribution in [3.8, 4) is 0 Å². The van der Waals surface area contributed by atoms with E-state index in [4.69, 9.17) is 5.11 Å². The van der Waals surface area contributed by atoms with Gasteiger partial charge in [-0.05, 0) is 19.4 Å². The molecular weight excluding hydrogens is 249 g/mol. The Morgan fingerprint density at radius 3 is 2.79 bits per heavy atom. The first kappa shape index (κ1) is 15.4. The molecule has 0 aliphatic rings. The fourth-order valence-corrected chi connectivity index (χ4v) is 1.78. The summed E-state index contributed by atoms with van der Waals surface area (Å²) in [5.74, 6) is -0.989. The normalized spacial score (nSPS) is 10.3. The summed E-state index contributed by atoms with van der Waals surface area (Å²) in [6, 6.07) is 1.36. The summed E-state index contributed by atoms with van der Waals surface area (Å²) < 4.78 is 14.1. The summed E-state index contributed by atoms with van der Waals surface area (Å²) in [6.07, 6.45) is 2.15. The van der Waals surface area contributed by atoms with Crippen molar-refractivity contribution in [1.29, 1.82) is 0 Å². The first-order chi connectivity index (χ1) is 9.15. The van der Waals surface area contributed by atoms with Crippen LogP contribution in [-0.4, -0.2) is 47.1 Å². The van der Waals surface area contributed by atoms with Gasteiger partial charge in [0, 0.05) is 25.8 Å². The van der Waals surface area contributed by atoms with Crippen LogP contribution in [0.1, 0.15) is 30.6 Å². The number of nitrogens with one attached hydrogen (secondary N) is 1. The Kier molecular flexibility index (Phi) is 6.21. The number of anilines is 1. The van der Waals surface area contributed by atoms with E-state index < -0.39 is 11.7 Å². The number of hydrogen-bond donors (Lipinski definition) is 2. The molecule has 0 atom stereocenters. The SMILES string of the molecule is CCCN(CCO)C(=O)c1ccnc(NCC)c1F. The quantitative estimate of drug-likeness (QED) is 0.787. The fraction of sp³-hybridized carbons (Fsp3) is 0.538. The van der Waals surface area contributed by atoms with Crippen LogP contribution < -0.4 is 5.32 Å². The van der Waals surface area contributed by atoms with Gasteiger partial charge in [0.05, 0.1) is 12.2 Å². The molecule has 1 aromatic heterocycles. The predicted molar refractivity (Wildman–Crippen MR) is 71.6 cm³/mol. The van der Waals surface area contributed by atoms with Gasteiger partial charge in [-0.3, -0.25) is 4.79 Å². The number of aliphatic hydroxyl groups excluding tert-OH is 1. The number of amides is 1. The maximum Gasteiger partial charge on any atom is 0.257 e. The zero-order chi connectivity index (χ0) is 14.3. The number of carbonyl (C=O) groups is 1. The lowest BCUT2D eigenvalue weighted by Gasteiger charge is -2.21. The minimum atomic E-state index is -0.645. The van der Waals surface area contributed by atoms with Crippen LogP contribution in [0.2, 0.25) is 0 Å². The Hall–Kier alpha value is -1.69. The lowest BCUT2D eigenvalue weighted by molar-refractivity contribution is 0.0717. The molecule has 0 saturated carbocycles. The summed E-state index contributed by atoms with van der Waals surface area (Å²) in [4.78, 5) is 17.5. The molecule has 0 aliphatic carbocycles. The predicted octanol–water partition coefficient (Wildman–Crippen LogP) is 1.50. The van der Waals surface area contributed by atoms with Crippen molar-refractivity contribution in [3.05, 3.63) is 23.6 Å². The van der Waals surface area contributed by atoms with Gasteiger partial charge in [-0.25, -0.2) is 9.37 Å². The van der Waals surface area contributed by atoms with Crippen LogP contribution in [0, 0.1) is 5.82 Å². The molecule has 0 saturated heterocycles. The van der Waals surface area contributed by atoms with E-state index in [1.165, 1.54) is 17.2 Å². The Balaban J connectivity index is 3.00. The van der Waals surface area contributed by atoms with Gasteiger partial charge >= 0.3 is 0 Å². The third kappa shape index (κ3) is 3.89. The molecule has 1 amide bonds. The van der Waals surface area contributed by atoms with E-state index in [1.54, 1.807) is 0 Å². The van der Waals surface area contributed by atoms with Crippen LogP contribution in [0.3, 0.4) is 0 Å². The number of rotatable bonds is 7. The van der Waals surface area contributed by atoms with E-state index in [9.17, 15) is 9.18 Å². The molecule has 0 radical (unpaired) electrons. The fourth-order valence-electron chi connectivity index (χ4n) is 1.78. The highest BCUT2D eigenvalue weighted by Crippen LogP contribution is 2.17. The van der Waals surface area contributed by atoms with Gasteiger partial charge in [0.1, 0.15) is 0 Å². The number of pyridine rings is 1. The van der Waals surface area contributed by atoms with Gasteiger partial charge in [-0.1, -0.05) is 6.92 Å². The first-order valence-electron chi connectivity index (χ1n) is 6.44. The smallest absolute Gasteiger partial charge is 0.257 e. The van der Waals surface area contributed by atoms with Crippen molar-refractivity contribution in [1.82, 2.24) is 9.88 Å². The number of aliphatic hydroxyl groups is 1. The van der Waals surface area contributed by atoms with Crippen molar-refractivity contribution in [2.45, 2.75) is 20.3 Å². The standard InChI is InChI=1S/C13H20FN3O2/c1-3-7-17(8-9-18)13(19)10-5-6-16-12(11(10)14)15-4-2/h5-6,18H,3-4,7-9H2,1-2H3,(H,15,16). The van der Waals surface area contributed by atoms with Crippen molar-refractivity contribution < 1.29 is 14.3 Å². The number of nitrogens with zero attached hydrogens (tertiary/aromatic N) is 2. The highest BCUT2D eigenvalue weighted by molar-refractivity contribution is 5.95. The Morgan fingerprint density at radius 1 is 1.47 bits per heavy atom. The highest BCUT2D eigenvalue weighted by Gasteiger charge is 2.20. The molecule has 0 spiro atoms. The van der Waals surface area contributed by atoms with Gasteiger partial charge in [0.15, 0.2) is 11.6 Å². The molecule has 106 valence electrons. The van der Waals surface area contributed by atoms with Gasteiger partial charge < -0.3 is 15.3 Å².